The molecule has 0 aliphatic heterocycles. The molecule has 0 radical (unpaired) electrons. The number of benzene rings is 1. The molecule has 2 heterocycles. The van der Waals surface area contributed by atoms with Crippen LogP contribution in [0.1, 0.15) is 0 Å². The molecule has 0 saturated carbocycles. The van der Waals surface area contributed by atoms with Gasteiger partial charge in [0.1, 0.15) is 0 Å². The lowest BCUT2D eigenvalue weighted by Crippen LogP contribution is -1.98. The maximum Gasteiger partial charge on any atom is 0.222 e. The third kappa shape index (κ3) is 3.46. The van der Waals surface area contributed by atoms with E-state index in [1.165, 1.54) is 0 Å². The molecule has 1 aromatic carbocycles. The molecular weight excluding hydrogens is 348 g/mol. The molecule has 134 valence electrons. The number of ether oxygens (including phenoxy) is 3. The quantitative estimate of drug-likeness (QED) is 0.595. The van der Waals surface area contributed by atoms with E-state index in [2.05, 4.69) is 9.97 Å². The fraction of sp³-hybridized carbons (Fsp3) is 0.200. The summed E-state index contributed by atoms with van der Waals surface area (Å²) in [6, 6.07) is 13.6. The summed E-state index contributed by atoms with van der Waals surface area (Å²) in [6.07, 6.45) is 3.78. The summed E-state index contributed by atoms with van der Waals surface area (Å²) < 4.78 is 16.4. The first-order valence-electron chi connectivity index (χ1n) is 7.98. The topological polar surface area (TPSA) is 53.5 Å². The monoisotopic (exact) mass is 368 g/mol. The lowest BCUT2D eigenvalue weighted by molar-refractivity contribution is 0.355. The van der Waals surface area contributed by atoms with Crippen molar-refractivity contribution in [1.82, 2.24) is 9.97 Å². The van der Waals surface area contributed by atoms with Crippen LogP contribution in [0.3, 0.4) is 0 Å². The van der Waals surface area contributed by atoms with Gasteiger partial charge in [-0.1, -0.05) is 12.1 Å². The maximum atomic E-state index is 5.61. The number of hydrogen-bond donors (Lipinski definition) is 0. The van der Waals surface area contributed by atoms with Crippen LogP contribution in [0.4, 0.5) is 0 Å². The lowest BCUT2D eigenvalue weighted by atomic mass is 10.0. The van der Waals surface area contributed by atoms with E-state index in [1.807, 2.05) is 48.7 Å². The molecule has 0 aliphatic rings. The number of thioether (sulfide) groups is 1. The Labute approximate surface area is 157 Å². The number of nitrogens with zero attached hydrogens (tertiary/aromatic N) is 2. The molecule has 6 heteroatoms. The highest BCUT2D eigenvalue weighted by molar-refractivity contribution is 7.98. The molecule has 26 heavy (non-hydrogen) atoms. The van der Waals surface area contributed by atoms with Gasteiger partial charge >= 0.3 is 0 Å². The Morgan fingerprint density at radius 2 is 1.65 bits per heavy atom. The Hall–Kier alpha value is -2.73. The Balaban J connectivity index is 2.18. The Morgan fingerprint density at radius 1 is 0.846 bits per heavy atom. The first kappa shape index (κ1) is 18.1. The minimum absolute atomic E-state index is 0.546. The first-order chi connectivity index (χ1) is 12.7. The van der Waals surface area contributed by atoms with Crippen LogP contribution >= 0.6 is 11.8 Å². The number of aromatic nitrogens is 2. The molecule has 0 atom stereocenters. The SMILES string of the molecule is COc1ccc(-c2c(SC)cc(-c3ccccn3)nc2OC)cc1OC. The molecule has 0 spiro atoms. The average molecular weight is 368 g/mol. The van der Waals surface area contributed by atoms with Crippen molar-refractivity contribution in [2.45, 2.75) is 4.90 Å². The van der Waals surface area contributed by atoms with Crippen LogP contribution in [-0.4, -0.2) is 37.6 Å². The van der Waals surface area contributed by atoms with Crippen molar-refractivity contribution < 1.29 is 14.2 Å². The van der Waals surface area contributed by atoms with E-state index in [-0.39, 0.29) is 0 Å². The van der Waals surface area contributed by atoms with Crippen molar-refractivity contribution in [2.24, 2.45) is 0 Å². The van der Waals surface area contributed by atoms with Gasteiger partial charge in [0, 0.05) is 11.1 Å². The third-order valence-electron chi connectivity index (χ3n) is 3.96. The fourth-order valence-corrected chi connectivity index (χ4v) is 3.35. The zero-order valence-corrected chi connectivity index (χ0v) is 16.0. The molecule has 5 nitrogen and oxygen atoms in total. The second-order valence-corrected chi connectivity index (χ2v) is 6.23. The van der Waals surface area contributed by atoms with E-state index in [1.54, 1.807) is 39.3 Å². The highest BCUT2D eigenvalue weighted by Crippen LogP contribution is 2.41. The van der Waals surface area contributed by atoms with Gasteiger partial charge in [-0.3, -0.25) is 4.98 Å². The molecule has 0 aliphatic carbocycles. The van der Waals surface area contributed by atoms with Crippen LogP contribution in [-0.2, 0) is 0 Å². The van der Waals surface area contributed by atoms with Gasteiger partial charge in [-0.05, 0) is 42.2 Å². The largest absolute Gasteiger partial charge is 0.493 e. The van der Waals surface area contributed by atoms with Crippen molar-refractivity contribution in [2.75, 3.05) is 27.6 Å². The van der Waals surface area contributed by atoms with Gasteiger partial charge in [0.25, 0.3) is 0 Å². The zero-order chi connectivity index (χ0) is 18.5. The van der Waals surface area contributed by atoms with Crippen LogP contribution in [0.15, 0.2) is 53.6 Å². The predicted molar refractivity (Wildman–Crippen MR) is 104 cm³/mol. The van der Waals surface area contributed by atoms with Gasteiger partial charge < -0.3 is 14.2 Å². The van der Waals surface area contributed by atoms with Gasteiger partial charge in [-0.2, -0.15) is 0 Å². The highest BCUT2D eigenvalue weighted by Gasteiger charge is 2.18. The standard InChI is InChI=1S/C20H20N2O3S/c1-23-16-9-8-13(11-17(16)24-2)19-18(26-4)12-15(22-20(19)25-3)14-7-5-6-10-21-14/h5-12H,1-4H3. The Morgan fingerprint density at radius 3 is 2.27 bits per heavy atom. The molecule has 2 aromatic heterocycles. The van der Waals surface area contributed by atoms with Crippen molar-refractivity contribution in [1.29, 1.82) is 0 Å². The van der Waals surface area contributed by atoms with E-state index in [0.29, 0.717) is 17.4 Å². The van der Waals surface area contributed by atoms with Crippen LogP contribution in [0, 0.1) is 0 Å². The van der Waals surface area contributed by atoms with Crippen molar-refractivity contribution in [3.05, 3.63) is 48.7 Å². The smallest absolute Gasteiger partial charge is 0.222 e. The molecule has 0 unspecified atom stereocenters. The molecule has 0 amide bonds. The first-order valence-corrected chi connectivity index (χ1v) is 9.21. The summed E-state index contributed by atoms with van der Waals surface area (Å²) in [5, 5.41) is 0. The molecule has 3 aromatic rings. The number of methoxy groups -OCH3 is 3. The summed E-state index contributed by atoms with van der Waals surface area (Å²) in [4.78, 5) is 10.1. The zero-order valence-electron chi connectivity index (χ0n) is 15.1. The van der Waals surface area contributed by atoms with E-state index in [4.69, 9.17) is 14.2 Å². The molecule has 0 fully saturated rings. The van der Waals surface area contributed by atoms with Crippen molar-refractivity contribution >= 4 is 11.8 Å². The Bertz CT molecular complexity index is 876. The second-order valence-electron chi connectivity index (χ2n) is 5.38. The van der Waals surface area contributed by atoms with E-state index in [0.717, 1.165) is 27.4 Å². The lowest BCUT2D eigenvalue weighted by Gasteiger charge is -2.16. The minimum Gasteiger partial charge on any atom is -0.493 e. The van der Waals surface area contributed by atoms with Gasteiger partial charge in [0.15, 0.2) is 11.5 Å². The summed E-state index contributed by atoms with van der Waals surface area (Å²) in [7, 11) is 4.87. The number of rotatable bonds is 6. The van der Waals surface area contributed by atoms with Crippen molar-refractivity contribution in [3.8, 4) is 39.9 Å². The molecule has 3 rings (SSSR count). The highest BCUT2D eigenvalue weighted by atomic mass is 32.2. The van der Waals surface area contributed by atoms with E-state index < -0.39 is 0 Å². The Kier molecular flexibility index (Phi) is 5.63. The number of hydrogen-bond acceptors (Lipinski definition) is 6. The van der Waals surface area contributed by atoms with E-state index in [9.17, 15) is 0 Å². The van der Waals surface area contributed by atoms with E-state index >= 15 is 0 Å². The summed E-state index contributed by atoms with van der Waals surface area (Å²) in [5.41, 5.74) is 3.44. The fourth-order valence-electron chi connectivity index (χ4n) is 2.71. The predicted octanol–water partition coefficient (Wildman–Crippen LogP) is 4.56. The average Bonchev–Trinajstić information content (AvgIpc) is 2.72. The van der Waals surface area contributed by atoms with Crippen LogP contribution in [0.5, 0.6) is 17.4 Å². The maximum absolute atomic E-state index is 5.61. The van der Waals surface area contributed by atoms with Gasteiger partial charge in [0.05, 0.1) is 38.3 Å². The summed E-state index contributed by atoms with van der Waals surface area (Å²) in [5.74, 6) is 1.89. The van der Waals surface area contributed by atoms with Crippen LogP contribution in [0.2, 0.25) is 0 Å². The van der Waals surface area contributed by atoms with Crippen molar-refractivity contribution in [3.63, 3.8) is 0 Å². The van der Waals surface area contributed by atoms with Gasteiger partial charge in [-0.15, -0.1) is 11.8 Å². The van der Waals surface area contributed by atoms with Crippen LogP contribution < -0.4 is 14.2 Å². The second kappa shape index (κ2) is 8.10. The molecule has 0 saturated heterocycles. The summed E-state index contributed by atoms with van der Waals surface area (Å²) in [6.45, 7) is 0. The molecule has 0 bridgehead atoms. The normalized spacial score (nSPS) is 10.5. The summed E-state index contributed by atoms with van der Waals surface area (Å²) >= 11 is 1.63. The van der Waals surface area contributed by atoms with Gasteiger partial charge in [0.2, 0.25) is 5.88 Å². The molecule has 0 N–H and O–H groups in total. The molecular formula is C20H20N2O3S. The third-order valence-corrected chi connectivity index (χ3v) is 4.72. The number of pyridine rings is 2. The minimum atomic E-state index is 0.546. The van der Waals surface area contributed by atoms with Gasteiger partial charge in [-0.25, -0.2) is 4.98 Å². The van der Waals surface area contributed by atoms with Crippen LogP contribution in [0.25, 0.3) is 22.5 Å².